The Labute approximate surface area is 61.9 Å². The fraction of sp³-hybridized carbons (Fsp3) is 0.625. The van der Waals surface area contributed by atoms with E-state index < -0.39 is 0 Å². The average molecular weight is 142 g/mol. The van der Waals surface area contributed by atoms with Crippen LogP contribution in [0, 0.1) is 0 Å². The fourth-order valence-electron chi connectivity index (χ4n) is 0.806. The molecule has 0 saturated carbocycles. The van der Waals surface area contributed by atoms with Crippen molar-refractivity contribution in [2.45, 2.75) is 25.7 Å². The number of hydrogen-bond acceptors (Lipinski definition) is 2. The van der Waals surface area contributed by atoms with Crippen LogP contribution in [-0.4, -0.2) is 12.6 Å². The maximum absolute atomic E-state index is 10.5. The highest BCUT2D eigenvalue weighted by Crippen LogP contribution is 2.06. The summed E-state index contributed by atoms with van der Waals surface area (Å²) < 4.78 is 4.76. The van der Waals surface area contributed by atoms with Crippen molar-refractivity contribution in [1.29, 1.82) is 0 Å². The molecular formula is C8H14O2. The molecule has 1 rings (SSSR count). The van der Waals surface area contributed by atoms with Gasteiger partial charge in [0.05, 0.1) is 6.61 Å². The normalized spacial score (nSPS) is 17.8. The zero-order valence-corrected chi connectivity index (χ0v) is 6.27. The van der Waals surface area contributed by atoms with Gasteiger partial charge in [-0.3, -0.25) is 4.79 Å². The first-order valence-electron chi connectivity index (χ1n) is 3.55. The van der Waals surface area contributed by atoms with Crippen LogP contribution in [0.4, 0.5) is 0 Å². The van der Waals surface area contributed by atoms with Crippen LogP contribution in [0.15, 0.2) is 13.2 Å². The van der Waals surface area contributed by atoms with Gasteiger partial charge >= 0.3 is 5.97 Å². The first-order chi connectivity index (χ1) is 4.89. The minimum Gasteiger partial charge on any atom is -0.466 e. The number of esters is 1. The Bertz CT molecular complexity index is 89.4. The lowest BCUT2D eigenvalue weighted by Gasteiger charge is -1.93. The minimum atomic E-state index is -0.0255. The van der Waals surface area contributed by atoms with Gasteiger partial charge < -0.3 is 4.74 Å². The van der Waals surface area contributed by atoms with Gasteiger partial charge in [0.15, 0.2) is 0 Å². The molecule has 0 unspecified atom stereocenters. The Kier molecular flexibility index (Phi) is 5.83. The Hall–Kier alpha value is -0.790. The summed E-state index contributed by atoms with van der Waals surface area (Å²) in [6.07, 6.45) is 3.83. The highest BCUT2D eigenvalue weighted by atomic mass is 16.5. The summed E-state index contributed by atoms with van der Waals surface area (Å²) in [4.78, 5) is 10.5. The lowest BCUT2D eigenvalue weighted by atomic mass is 10.2. The van der Waals surface area contributed by atoms with Crippen LogP contribution in [0.25, 0.3) is 0 Å². The van der Waals surface area contributed by atoms with Gasteiger partial charge in [0.1, 0.15) is 0 Å². The van der Waals surface area contributed by atoms with Crippen molar-refractivity contribution in [2.24, 2.45) is 0 Å². The van der Waals surface area contributed by atoms with E-state index in [9.17, 15) is 4.79 Å². The molecule has 0 bridgehead atoms. The molecule has 0 aromatic carbocycles. The van der Waals surface area contributed by atoms with Crippen molar-refractivity contribution in [3.8, 4) is 0 Å². The Balaban J connectivity index is 0.000000371. The number of carbonyl (C=O) groups is 1. The van der Waals surface area contributed by atoms with Gasteiger partial charge in [-0.25, -0.2) is 0 Å². The molecule has 0 N–H and O–H groups in total. The molecule has 1 aliphatic heterocycles. The third-order valence-corrected chi connectivity index (χ3v) is 1.29. The molecule has 2 heteroatoms. The summed E-state index contributed by atoms with van der Waals surface area (Å²) in [7, 11) is 0. The van der Waals surface area contributed by atoms with E-state index in [1.165, 1.54) is 0 Å². The number of ether oxygens (including phenoxy) is 1. The van der Waals surface area contributed by atoms with Gasteiger partial charge in [-0.2, -0.15) is 0 Å². The van der Waals surface area contributed by atoms with Crippen LogP contribution >= 0.6 is 0 Å². The van der Waals surface area contributed by atoms with Gasteiger partial charge in [0, 0.05) is 6.42 Å². The lowest BCUT2D eigenvalue weighted by Crippen LogP contribution is -2.00. The molecule has 1 saturated heterocycles. The van der Waals surface area contributed by atoms with Crippen molar-refractivity contribution in [3.05, 3.63) is 13.2 Å². The third-order valence-electron chi connectivity index (χ3n) is 1.29. The molecule has 1 heterocycles. The molecule has 1 aliphatic rings. The van der Waals surface area contributed by atoms with E-state index in [1.54, 1.807) is 0 Å². The summed E-state index contributed by atoms with van der Waals surface area (Å²) in [5, 5.41) is 0. The van der Waals surface area contributed by atoms with E-state index in [2.05, 4.69) is 13.2 Å². The van der Waals surface area contributed by atoms with E-state index in [4.69, 9.17) is 4.74 Å². The first-order valence-corrected chi connectivity index (χ1v) is 3.55. The number of cyclic esters (lactones) is 1. The quantitative estimate of drug-likeness (QED) is 0.381. The second-order valence-corrected chi connectivity index (χ2v) is 2.03. The Morgan fingerprint density at radius 3 is 2.60 bits per heavy atom. The molecule has 2 nitrogen and oxygen atoms in total. The molecule has 0 spiro atoms. The predicted octanol–water partition coefficient (Wildman–Crippen LogP) is 1.91. The summed E-state index contributed by atoms with van der Waals surface area (Å²) >= 11 is 0. The second kappa shape index (κ2) is 6.33. The molecule has 1 fully saturated rings. The standard InChI is InChI=1S/C6H10O2.C2H4/c7-6-4-2-1-3-5-8-6;1-2/h1-5H2;1-2H2. The second-order valence-electron chi connectivity index (χ2n) is 2.03. The molecule has 10 heavy (non-hydrogen) atoms. The first kappa shape index (κ1) is 9.21. The topological polar surface area (TPSA) is 26.3 Å². The lowest BCUT2D eigenvalue weighted by molar-refractivity contribution is -0.142. The van der Waals surface area contributed by atoms with Crippen molar-refractivity contribution in [1.82, 2.24) is 0 Å². The third kappa shape index (κ3) is 4.13. The van der Waals surface area contributed by atoms with Gasteiger partial charge in [-0.1, -0.05) is 0 Å². The van der Waals surface area contributed by atoms with Crippen LogP contribution in [0.2, 0.25) is 0 Å². The maximum atomic E-state index is 10.5. The van der Waals surface area contributed by atoms with Crippen molar-refractivity contribution < 1.29 is 9.53 Å². The van der Waals surface area contributed by atoms with Crippen LogP contribution in [0.5, 0.6) is 0 Å². The molecule has 0 aromatic heterocycles. The zero-order valence-electron chi connectivity index (χ0n) is 6.27. The number of rotatable bonds is 0. The summed E-state index contributed by atoms with van der Waals surface area (Å²) in [6.45, 7) is 6.64. The summed E-state index contributed by atoms with van der Waals surface area (Å²) in [5.74, 6) is -0.0255. The van der Waals surface area contributed by atoms with E-state index in [1.807, 2.05) is 0 Å². The Morgan fingerprint density at radius 2 is 1.90 bits per heavy atom. The SMILES string of the molecule is C=C.O=C1CCCCCO1. The van der Waals surface area contributed by atoms with Crippen LogP contribution in [-0.2, 0) is 9.53 Å². The smallest absolute Gasteiger partial charge is 0.305 e. The van der Waals surface area contributed by atoms with Crippen LogP contribution in [0.3, 0.4) is 0 Å². The molecule has 0 radical (unpaired) electrons. The van der Waals surface area contributed by atoms with Gasteiger partial charge in [-0.15, -0.1) is 13.2 Å². The van der Waals surface area contributed by atoms with Crippen molar-refractivity contribution in [3.63, 3.8) is 0 Å². The highest BCUT2D eigenvalue weighted by Gasteiger charge is 2.05. The monoisotopic (exact) mass is 142 g/mol. The molecule has 0 atom stereocenters. The maximum Gasteiger partial charge on any atom is 0.305 e. The van der Waals surface area contributed by atoms with Gasteiger partial charge in [-0.05, 0) is 19.3 Å². The summed E-state index contributed by atoms with van der Waals surface area (Å²) in [5.41, 5.74) is 0. The van der Waals surface area contributed by atoms with Crippen molar-refractivity contribution in [2.75, 3.05) is 6.61 Å². The van der Waals surface area contributed by atoms with E-state index in [0.29, 0.717) is 13.0 Å². The molecule has 0 amide bonds. The predicted molar refractivity (Wildman–Crippen MR) is 40.7 cm³/mol. The fourth-order valence-corrected chi connectivity index (χ4v) is 0.806. The van der Waals surface area contributed by atoms with Gasteiger partial charge in [0.25, 0.3) is 0 Å². The van der Waals surface area contributed by atoms with Crippen LogP contribution < -0.4 is 0 Å². The van der Waals surface area contributed by atoms with Crippen LogP contribution in [0.1, 0.15) is 25.7 Å². The average Bonchev–Trinajstić information content (AvgIpc) is 2.21. The van der Waals surface area contributed by atoms with Crippen molar-refractivity contribution >= 4 is 5.97 Å². The van der Waals surface area contributed by atoms with E-state index in [0.717, 1.165) is 19.3 Å². The molecule has 58 valence electrons. The van der Waals surface area contributed by atoms with E-state index in [-0.39, 0.29) is 5.97 Å². The Morgan fingerprint density at radius 1 is 1.20 bits per heavy atom. The van der Waals surface area contributed by atoms with Gasteiger partial charge in [0.2, 0.25) is 0 Å². The van der Waals surface area contributed by atoms with E-state index >= 15 is 0 Å². The largest absolute Gasteiger partial charge is 0.466 e. The highest BCUT2D eigenvalue weighted by molar-refractivity contribution is 5.69. The molecular weight excluding hydrogens is 128 g/mol. The summed E-state index contributed by atoms with van der Waals surface area (Å²) in [6, 6.07) is 0. The molecule has 0 aromatic rings. The molecule has 0 aliphatic carbocycles. The number of hydrogen-bond donors (Lipinski definition) is 0. The zero-order chi connectivity index (χ0) is 7.82. The number of carbonyl (C=O) groups excluding carboxylic acids is 1. The minimum absolute atomic E-state index is 0.0255.